The summed E-state index contributed by atoms with van der Waals surface area (Å²) in [6.45, 7) is 0. The lowest BCUT2D eigenvalue weighted by Crippen LogP contribution is -2.11. The van der Waals surface area contributed by atoms with Crippen LogP contribution in [0.1, 0.15) is 0 Å². The standard InChI is InChI=1S/C62H40N2O/c1-3-15-42(16-4-1)51-26-14-27-56-57-39-44(31-38-61(57)65-62(51)56)50-36-37-59(53-23-10-9-22-52(50)53)63(46-32-29-43(30-33-46)49-25-13-18-41-17-7-8-21-48(41)49)47-34-35-55-54-24-11-12-28-58(54)64(60(55)40-47)45-19-5-2-6-20-45/h1-40H. The highest BCUT2D eigenvalue weighted by atomic mass is 16.3. The van der Waals surface area contributed by atoms with E-state index in [-0.39, 0.29) is 0 Å². The molecule has 13 rings (SSSR count). The third kappa shape index (κ3) is 6.05. The van der Waals surface area contributed by atoms with Crippen LogP contribution in [-0.4, -0.2) is 4.57 Å². The molecule has 0 atom stereocenters. The van der Waals surface area contributed by atoms with Gasteiger partial charge in [0.1, 0.15) is 11.2 Å². The fraction of sp³-hybridized carbons (Fsp3) is 0. The Morgan fingerprint density at radius 3 is 1.77 bits per heavy atom. The largest absolute Gasteiger partial charge is 0.455 e. The van der Waals surface area contributed by atoms with Crippen LogP contribution in [0.4, 0.5) is 17.1 Å². The van der Waals surface area contributed by atoms with Gasteiger partial charge >= 0.3 is 0 Å². The molecule has 0 fully saturated rings. The van der Waals surface area contributed by atoms with Crippen molar-refractivity contribution < 1.29 is 4.42 Å². The van der Waals surface area contributed by atoms with Crippen molar-refractivity contribution in [1.82, 2.24) is 4.57 Å². The fourth-order valence-corrected chi connectivity index (χ4v) is 10.2. The van der Waals surface area contributed by atoms with Crippen molar-refractivity contribution in [3.63, 3.8) is 0 Å². The number of hydrogen-bond acceptors (Lipinski definition) is 2. The zero-order chi connectivity index (χ0) is 42.8. The summed E-state index contributed by atoms with van der Waals surface area (Å²) in [5, 5.41) is 9.51. The molecule has 0 bridgehead atoms. The van der Waals surface area contributed by atoms with Crippen LogP contribution in [0, 0.1) is 0 Å². The molecule has 3 heteroatoms. The lowest BCUT2D eigenvalue weighted by atomic mass is 9.94. The normalized spacial score (nSPS) is 11.7. The first-order chi connectivity index (χ1) is 32.2. The topological polar surface area (TPSA) is 21.3 Å². The van der Waals surface area contributed by atoms with E-state index in [9.17, 15) is 0 Å². The van der Waals surface area contributed by atoms with Gasteiger partial charge in [-0.1, -0.05) is 182 Å². The highest BCUT2D eigenvalue weighted by molar-refractivity contribution is 6.14. The van der Waals surface area contributed by atoms with Gasteiger partial charge in [0.05, 0.1) is 16.7 Å². The van der Waals surface area contributed by atoms with Gasteiger partial charge in [-0.25, -0.2) is 0 Å². The van der Waals surface area contributed by atoms with Gasteiger partial charge in [0.2, 0.25) is 0 Å². The van der Waals surface area contributed by atoms with E-state index >= 15 is 0 Å². The van der Waals surface area contributed by atoms with Gasteiger partial charge in [-0.05, 0) is 105 Å². The smallest absolute Gasteiger partial charge is 0.143 e. The molecule has 2 heterocycles. The Balaban J connectivity index is 1.00. The number of hydrogen-bond donors (Lipinski definition) is 0. The van der Waals surface area contributed by atoms with Gasteiger partial charge in [0.25, 0.3) is 0 Å². The number of benzene rings is 11. The fourth-order valence-electron chi connectivity index (χ4n) is 10.2. The second-order valence-electron chi connectivity index (χ2n) is 16.8. The molecule has 304 valence electrons. The lowest BCUT2D eigenvalue weighted by molar-refractivity contribution is 0.670. The maximum Gasteiger partial charge on any atom is 0.143 e. The summed E-state index contributed by atoms with van der Waals surface area (Å²) >= 11 is 0. The average molecular weight is 829 g/mol. The van der Waals surface area contributed by atoms with E-state index in [2.05, 4.69) is 252 Å². The maximum absolute atomic E-state index is 6.60. The number of anilines is 3. The van der Waals surface area contributed by atoms with Crippen molar-refractivity contribution >= 4 is 82.4 Å². The molecule has 0 saturated carbocycles. The molecular weight excluding hydrogens is 789 g/mol. The van der Waals surface area contributed by atoms with Crippen LogP contribution in [0.3, 0.4) is 0 Å². The molecule has 0 spiro atoms. The second-order valence-corrected chi connectivity index (χ2v) is 16.8. The van der Waals surface area contributed by atoms with E-state index in [1.165, 1.54) is 49.1 Å². The van der Waals surface area contributed by atoms with Crippen LogP contribution in [0.2, 0.25) is 0 Å². The van der Waals surface area contributed by atoms with Crippen LogP contribution < -0.4 is 4.90 Å². The lowest BCUT2D eigenvalue weighted by Gasteiger charge is -2.28. The van der Waals surface area contributed by atoms with Gasteiger partial charge in [0, 0.05) is 49.6 Å². The van der Waals surface area contributed by atoms with Gasteiger partial charge < -0.3 is 13.9 Å². The predicted octanol–water partition coefficient (Wildman–Crippen LogP) is 17.5. The van der Waals surface area contributed by atoms with Gasteiger partial charge in [0.15, 0.2) is 0 Å². The minimum Gasteiger partial charge on any atom is -0.455 e. The van der Waals surface area contributed by atoms with Gasteiger partial charge in [-0.15, -0.1) is 0 Å². The molecule has 0 aliphatic carbocycles. The molecular formula is C62H40N2O. The molecule has 13 aromatic rings. The number of rotatable bonds is 7. The molecule has 11 aromatic carbocycles. The zero-order valence-electron chi connectivity index (χ0n) is 35.4. The van der Waals surface area contributed by atoms with Crippen molar-refractivity contribution in [3.8, 4) is 39.1 Å². The summed E-state index contributed by atoms with van der Waals surface area (Å²) in [7, 11) is 0. The summed E-state index contributed by atoms with van der Waals surface area (Å²) < 4.78 is 9.00. The SMILES string of the molecule is c1ccc(-c2cccc3c2oc2ccc(-c4ccc(N(c5ccc(-c6cccc7ccccc67)cc5)c5ccc6c7ccccc7n(-c7ccccc7)c6c5)c5ccccc45)cc23)cc1. The van der Waals surface area contributed by atoms with Gasteiger partial charge in [-0.2, -0.15) is 0 Å². The molecule has 0 aliphatic rings. The Kier molecular flexibility index (Phi) is 8.53. The summed E-state index contributed by atoms with van der Waals surface area (Å²) in [6, 6.07) is 87.7. The van der Waals surface area contributed by atoms with Crippen LogP contribution >= 0.6 is 0 Å². The average Bonchev–Trinajstić information content (AvgIpc) is 3.92. The molecule has 2 aromatic heterocycles. The molecule has 0 N–H and O–H groups in total. The van der Waals surface area contributed by atoms with Crippen molar-refractivity contribution in [2.75, 3.05) is 4.90 Å². The Labute approximate surface area is 376 Å². The third-order valence-electron chi connectivity index (χ3n) is 13.2. The van der Waals surface area contributed by atoms with Crippen molar-refractivity contribution in [1.29, 1.82) is 0 Å². The third-order valence-corrected chi connectivity index (χ3v) is 13.2. The quantitative estimate of drug-likeness (QED) is 0.160. The predicted molar refractivity (Wildman–Crippen MR) is 274 cm³/mol. The van der Waals surface area contributed by atoms with E-state index in [4.69, 9.17) is 4.42 Å². The Bertz CT molecular complexity index is 3930. The highest BCUT2D eigenvalue weighted by Crippen LogP contribution is 2.46. The first-order valence-corrected chi connectivity index (χ1v) is 22.2. The molecule has 0 aliphatic heterocycles. The molecule has 0 saturated heterocycles. The summed E-state index contributed by atoms with van der Waals surface area (Å²) in [5.74, 6) is 0. The first kappa shape index (κ1) is 36.9. The van der Waals surface area contributed by atoms with Crippen LogP contribution in [0.15, 0.2) is 247 Å². The number of aromatic nitrogens is 1. The second kappa shape index (κ2) is 15.0. The van der Waals surface area contributed by atoms with E-state index in [1.54, 1.807) is 0 Å². The number of nitrogens with zero attached hydrogens (tertiary/aromatic N) is 2. The van der Waals surface area contributed by atoms with Crippen molar-refractivity contribution in [2.45, 2.75) is 0 Å². The number of furan rings is 1. The summed E-state index contributed by atoms with van der Waals surface area (Å²) in [4.78, 5) is 2.43. The van der Waals surface area contributed by atoms with Crippen LogP contribution in [-0.2, 0) is 0 Å². The molecule has 0 amide bonds. The minimum absolute atomic E-state index is 0.884. The molecule has 3 nitrogen and oxygen atoms in total. The van der Waals surface area contributed by atoms with E-state index in [0.29, 0.717) is 0 Å². The van der Waals surface area contributed by atoms with Crippen LogP contribution in [0.25, 0.3) is 104 Å². The Morgan fingerprint density at radius 1 is 0.323 bits per heavy atom. The summed E-state index contributed by atoms with van der Waals surface area (Å²) in [5.41, 5.74) is 15.5. The maximum atomic E-state index is 6.60. The monoisotopic (exact) mass is 828 g/mol. The number of para-hydroxylation sites is 3. The van der Waals surface area contributed by atoms with Crippen molar-refractivity contribution in [2.24, 2.45) is 0 Å². The van der Waals surface area contributed by atoms with E-state index < -0.39 is 0 Å². The van der Waals surface area contributed by atoms with Crippen LogP contribution in [0.5, 0.6) is 0 Å². The highest BCUT2D eigenvalue weighted by Gasteiger charge is 2.21. The molecule has 0 unspecified atom stereocenters. The minimum atomic E-state index is 0.884. The Morgan fingerprint density at radius 2 is 0.923 bits per heavy atom. The van der Waals surface area contributed by atoms with Crippen molar-refractivity contribution in [3.05, 3.63) is 243 Å². The van der Waals surface area contributed by atoms with E-state index in [1.807, 2.05) is 0 Å². The van der Waals surface area contributed by atoms with E-state index in [0.717, 1.165) is 72.3 Å². The Hall–Kier alpha value is -8.66. The molecule has 0 radical (unpaired) electrons. The van der Waals surface area contributed by atoms with Gasteiger partial charge in [-0.3, -0.25) is 0 Å². The molecule has 65 heavy (non-hydrogen) atoms. The zero-order valence-corrected chi connectivity index (χ0v) is 35.4. The summed E-state index contributed by atoms with van der Waals surface area (Å²) in [6.07, 6.45) is 0. The first-order valence-electron chi connectivity index (χ1n) is 22.2. The number of fused-ring (bicyclic) bond motifs is 8.